The molecule has 0 bridgehead atoms. The molecule has 2 aromatic heterocycles. The number of carbonyl (C=O) groups is 1. The van der Waals surface area contributed by atoms with Crippen LogP contribution in [0.25, 0.3) is 10.9 Å². The van der Waals surface area contributed by atoms with Gasteiger partial charge < -0.3 is 5.32 Å². The monoisotopic (exact) mass is 361 g/mol. The van der Waals surface area contributed by atoms with E-state index in [-0.39, 0.29) is 12.1 Å². The van der Waals surface area contributed by atoms with Crippen molar-refractivity contribution in [3.63, 3.8) is 0 Å². The molecule has 1 atom stereocenters. The van der Waals surface area contributed by atoms with Gasteiger partial charge in [0.05, 0.1) is 28.8 Å². The number of aryl methyl sites for hydroxylation is 2. The molecule has 3 rings (SSSR count). The van der Waals surface area contributed by atoms with E-state index < -0.39 is 29.1 Å². The van der Waals surface area contributed by atoms with Crippen molar-refractivity contribution in [3.05, 3.63) is 57.6 Å². The Bertz CT molecular complexity index is 1040. The molecule has 0 radical (unpaired) electrons. The molecule has 7 nitrogen and oxygen atoms in total. The van der Waals surface area contributed by atoms with Crippen LogP contribution >= 0.6 is 0 Å². The number of carbonyl (C=O) groups excluding carboxylic acids is 1. The molecule has 0 aliphatic heterocycles. The summed E-state index contributed by atoms with van der Waals surface area (Å²) in [5.74, 6) is -2.09. The van der Waals surface area contributed by atoms with Crippen LogP contribution in [0.15, 0.2) is 29.2 Å². The second-order valence-electron chi connectivity index (χ2n) is 6.00. The van der Waals surface area contributed by atoms with Crippen molar-refractivity contribution in [2.75, 3.05) is 0 Å². The number of hydrogen-bond donors (Lipinski definition) is 1. The van der Waals surface area contributed by atoms with Crippen molar-refractivity contribution in [2.45, 2.75) is 26.4 Å². The second kappa shape index (κ2) is 6.66. The highest BCUT2D eigenvalue weighted by atomic mass is 19.1. The van der Waals surface area contributed by atoms with Gasteiger partial charge in [-0.05, 0) is 26.0 Å². The van der Waals surface area contributed by atoms with E-state index in [1.165, 1.54) is 23.9 Å². The Balaban J connectivity index is 1.82. The summed E-state index contributed by atoms with van der Waals surface area (Å²) < 4.78 is 30.1. The Labute approximate surface area is 147 Å². The highest BCUT2D eigenvalue weighted by Gasteiger charge is 2.19. The topological polar surface area (TPSA) is 81.8 Å². The van der Waals surface area contributed by atoms with Gasteiger partial charge in [0.2, 0.25) is 5.91 Å². The molecule has 0 fully saturated rings. The van der Waals surface area contributed by atoms with Crippen LogP contribution in [0.5, 0.6) is 0 Å². The average Bonchev–Trinajstić information content (AvgIpc) is 2.84. The Hall–Kier alpha value is -3.10. The van der Waals surface area contributed by atoms with Crippen molar-refractivity contribution in [1.29, 1.82) is 0 Å². The third-order valence-corrected chi connectivity index (χ3v) is 4.14. The predicted molar refractivity (Wildman–Crippen MR) is 90.4 cm³/mol. The molecule has 0 spiro atoms. The fraction of sp³-hybridized carbons (Fsp3) is 0.294. The molecule has 3 aromatic rings. The van der Waals surface area contributed by atoms with Crippen LogP contribution in [0.4, 0.5) is 8.78 Å². The van der Waals surface area contributed by atoms with Gasteiger partial charge in [0.1, 0.15) is 18.2 Å². The van der Waals surface area contributed by atoms with E-state index in [9.17, 15) is 18.4 Å². The first-order chi connectivity index (χ1) is 12.3. The second-order valence-corrected chi connectivity index (χ2v) is 6.00. The first kappa shape index (κ1) is 17.7. The van der Waals surface area contributed by atoms with Gasteiger partial charge in [0, 0.05) is 12.6 Å². The van der Waals surface area contributed by atoms with Crippen LogP contribution < -0.4 is 10.9 Å². The van der Waals surface area contributed by atoms with E-state index in [1.807, 2.05) is 0 Å². The van der Waals surface area contributed by atoms with Crippen molar-refractivity contribution < 1.29 is 13.6 Å². The number of nitrogens with one attached hydrogen (secondary N) is 1. The van der Waals surface area contributed by atoms with Crippen LogP contribution in [0.3, 0.4) is 0 Å². The van der Waals surface area contributed by atoms with E-state index in [1.54, 1.807) is 14.0 Å². The van der Waals surface area contributed by atoms with E-state index in [0.29, 0.717) is 16.6 Å². The number of nitrogens with zero attached hydrogens (tertiary/aromatic N) is 4. The largest absolute Gasteiger partial charge is 0.348 e. The van der Waals surface area contributed by atoms with Gasteiger partial charge in [0.15, 0.2) is 0 Å². The Morgan fingerprint density at radius 2 is 1.96 bits per heavy atom. The van der Waals surface area contributed by atoms with Crippen LogP contribution in [-0.2, 0) is 18.4 Å². The van der Waals surface area contributed by atoms with Gasteiger partial charge in [-0.25, -0.2) is 13.5 Å². The molecule has 1 amide bonds. The van der Waals surface area contributed by atoms with Crippen molar-refractivity contribution in [1.82, 2.24) is 24.9 Å². The molecule has 0 saturated carbocycles. The van der Waals surface area contributed by atoms with Crippen molar-refractivity contribution >= 4 is 16.8 Å². The summed E-state index contributed by atoms with van der Waals surface area (Å²) in [5, 5.41) is 11.0. The van der Waals surface area contributed by atoms with Gasteiger partial charge in [-0.15, -0.1) is 0 Å². The Kier molecular flexibility index (Phi) is 4.54. The third-order valence-electron chi connectivity index (χ3n) is 4.14. The zero-order valence-corrected chi connectivity index (χ0v) is 14.5. The molecule has 136 valence electrons. The Morgan fingerprint density at radius 1 is 1.31 bits per heavy atom. The minimum atomic E-state index is -0.900. The lowest BCUT2D eigenvalue weighted by molar-refractivity contribution is -0.122. The highest BCUT2D eigenvalue weighted by Crippen LogP contribution is 2.20. The summed E-state index contributed by atoms with van der Waals surface area (Å²) in [6, 6.07) is 2.58. The first-order valence-corrected chi connectivity index (χ1v) is 7.92. The van der Waals surface area contributed by atoms with Crippen LogP contribution in [-0.4, -0.2) is 25.5 Å². The van der Waals surface area contributed by atoms with Crippen LogP contribution in [0.1, 0.15) is 24.2 Å². The maximum Gasteiger partial charge on any atom is 0.278 e. The van der Waals surface area contributed by atoms with Gasteiger partial charge in [-0.1, -0.05) is 6.07 Å². The zero-order chi connectivity index (χ0) is 19.0. The smallest absolute Gasteiger partial charge is 0.278 e. The van der Waals surface area contributed by atoms with E-state index in [2.05, 4.69) is 15.5 Å². The van der Waals surface area contributed by atoms with E-state index >= 15 is 0 Å². The summed E-state index contributed by atoms with van der Waals surface area (Å²) in [6.45, 7) is 2.78. The maximum atomic E-state index is 13.8. The van der Waals surface area contributed by atoms with Crippen molar-refractivity contribution in [2.24, 2.45) is 7.05 Å². The van der Waals surface area contributed by atoms with Crippen molar-refractivity contribution in [3.8, 4) is 0 Å². The Morgan fingerprint density at radius 3 is 2.62 bits per heavy atom. The lowest BCUT2D eigenvalue weighted by Crippen LogP contribution is -2.35. The van der Waals surface area contributed by atoms with E-state index in [0.717, 1.165) is 16.8 Å². The average molecular weight is 361 g/mol. The first-order valence-electron chi connectivity index (χ1n) is 7.92. The predicted octanol–water partition coefficient (Wildman–Crippen LogP) is 1.59. The summed E-state index contributed by atoms with van der Waals surface area (Å²) >= 11 is 0. The number of fused-ring (bicyclic) bond motifs is 1. The molecular weight excluding hydrogens is 344 g/mol. The number of rotatable bonds is 4. The van der Waals surface area contributed by atoms with Gasteiger partial charge >= 0.3 is 0 Å². The quantitative estimate of drug-likeness (QED) is 0.765. The maximum absolute atomic E-state index is 13.8. The third kappa shape index (κ3) is 3.07. The molecule has 2 heterocycles. The number of amides is 1. The van der Waals surface area contributed by atoms with Gasteiger partial charge in [-0.3, -0.25) is 14.3 Å². The van der Waals surface area contributed by atoms with Crippen LogP contribution in [0.2, 0.25) is 0 Å². The molecule has 1 N–H and O–H groups in total. The summed E-state index contributed by atoms with van der Waals surface area (Å²) in [5.41, 5.74) is 0.407. The molecule has 0 aliphatic carbocycles. The lowest BCUT2D eigenvalue weighted by Gasteiger charge is -2.16. The summed E-state index contributed by atoms with van der Waals surface area (Å²) in [7, 11) is 1.69. The van der Waals surface area contributed by atoms with Gasteiger partial charge in [0.25, 0.3) is 5.56 Å². The summed E-state index contributed by atoms with van der Waals surface area (Å²) in [4.78, 5) is 24.7. The molecule has 9 heteroatoms. The lowest BCUT2D eigenvalue weighted by atomic mass is 10.1. The summed E-state index contributed by atoms with van der Waals surface area (Å²) in [6.07, 6.45) is 1.45. The number of hydrogen-bond acceptors (Lipinski definition) is 4. The minimum Gasteiger partial charge on any atom is -0.348 e. The number of benzene rings is 1. The molecule has 1 unspecified atom stereocenters. The van der Waals surface area contributed by atoms with Gasteiger partial charge in [-0.2, -0.15) is 10.2 Å². The number of halogens is 2. The zero-order valence-electron chi connectivity index (χ0n) is 14.5. The van der Waals surface area contributed by atoms with E-state index in [4.69, 9.17) is 0 Å². The SMILES string of the molecule is Cc1nn(C)c2cnn(CC(=O)NC(C)c3c(F)cccc3F)c(=O)c12. The molecule has 1 aromatic carbocycles. The normalized spacial score (nSPS) is 12.3. The molecule has 26 heavy (non-hydrogen) atoms. The van der Waals surface area contributed by atoms with Crippen LogP contribution in [0, 0.1) is 18.6 Å². The number of aromatic nitrogens is 4. The fourth-order valence-electron chi connectivity index (χ4n) is 2.93. The minimum absolute atomic E-state index is 0.236. The molecule has 0 aliphatic rings. The fourth-order valence-corrected chi connectivity index (χ4v) is 2.93. The standard InChI is InChI=1S/C17H17F2N5O2/c1-9(15-11(18)5-4-6-12(15)19)21-14(25)8-24-17(26)16-10(2)22-23(3)13(16)7-20-24/h4-7,9H,8H2,1-3H3,(H,21,25). The molecule has 0 saturated heterocycles. The highest BCUT2D eigenvalue weighted by molar-refractivity contribution is 5.80. The molecular formula is C17H17F2N5O2.